The number of esters is 1. The number of hydrogen-bond acceptors (Lipinski definition) is 6. The summed E-state index contributed by atoms with van der Waals surface area (Å²) in [6.07, 6.45) is 1.68. The van der Waals surface area contributed by atoms with Crippen LogP contribution in [0.5, 0.6) is 0 Å². The fourth-order valence-electron chi connectivity index (χ4n) is 3.32. The Balaban J connectivity index is 2.10. The third-order valence-electron chi connectivity index (χ3n) is 4.64. The number of benzene rings is 1. The van der Waals surface area contributed by atoms with Crippen molar-refractivity contribution < 1.29 is 19.1 Å². The van der Waals surface area contributed by atoms with Crippen molar-refractivity contribution in [1.82, 2.24) is 4.98 Å². The first-order chi connectivity index (χ1) is 12.9. The molecule has 1 aromatic heterocycles. The maximum absolute atomic E-state index is 12.9. The van der Waals surface area contributed by atoms with Crippen LogP contribution in [0.4, 0.5) is 17.2 Å². The normalized spacial score (nSPS) is 16.1. The summed E-state index contributed by atoms with van der Waals surface area (Å²) in [5.74, 6) is -2.73. The number of fused-ring (bicyclic) bond motifs is 1. The number of amides is 1. The number of anilines is 3. The molecule has 0 bridgehead atoms. The molecule has 0 fully saturated rings. The molecular weight excluding hydrogens is 346 g/mol. The van der Waals surface area contributed by atoms with Crippen molar-refractivity contribution in [3.05, 3.63) is 47.2 Å². The van der Waals surface area contributed by atoms with Gasteiger partial charge < -0.3 is 15.0 Å². The molecule has 1 aromatic carbocycles. The molecule has 140 valence electrons. The zero-order chi connectivity index (χ0) is 19.7. The Morgan fingerprint density at radius 1 is 1.26 bits per heavy atom. The highest BCUT2D eigenvalue weighted by molar-refractivity contribution is 6.30. The summed E-state index contributed by atoms with van der Waals surface area (Å²) in [5, 5.41) is 3.20. The van der Waals surface area contributed by atoms with Crippen molar-refractivity contribution in [3.8, 4) is 0 Å². The molecule has 0 saturated carbocycles. The molecule has 0 aliphatic carbocycles. The van der Waals surface area contributed by atoms with Gasteiger partial charge in [-0.1, -0.05) is 6.07 Å². The zero-order valence-corrected chi connectivity index (χ0v) is 15.7. The van der Waals surface area contributed by atoms with Gasteiger partial charge in [0.15, 0.2) is 11.7 Å². The molecule has 7 heteroatoms. The molecular formula is C20H21N3O4. The van der Waals surface area contributed by atoms with Crippen LogP contribution in [-0.2, 0) is 14.3 Å². The van der Waals surface area contributed by atoms with E-state index in [-0.39, 0.29) is 0 Å². The summed E-state index contributed by atoms with van der Waals surface area (Å²) in [4.78, 5) is 43.4. The van der Waals surface area contributed by atoms with E-state index < -0.39 is 23.6 Å². The predicted octanol–water partition coefficient (Wildman–Crippen LogP) is 2.78. The summed E-state index contributed by atoms with van der Waals surface area (Å²) in [6.45, 7) is 5.90. The molecule has 2 aromatic rings. The number of ketones is 1. The number of carbonyl (C=O) groups excluding carboxylic acids is 3. The Morgan fingerprint density at radius 2 is 2.00 bits per heavy atom. The number of aromatic nitrogens is 1. The first kappa shape index (κ1) is 18.6. The summed E-state index contributed by atoms with van der Waals surface area (Å²) < 4.78 is 4.68. The second-order valence-electron chi connectivity index (χ2n) is 6.39. The lowest BCUT2D eigenvalue weighted by atomic mass is 9.88. The van der Waals surface area contributed by atoms with Crippen LogP contribution >= 0.6 is 0 Å². The number of Topliss-reactive ketones (excluding diaryl/α,β-unsaturated/α-hetero) is 1. The van der Waals surface area contributed by atoms with E-state index in [1.807, 2.05) is 32.0 Å². The minimum atomic E-state index is -1.46. The van der Waals surface area contributed by atoms with Crippen LogP contribution in [-0.4, -0.2) is 36.3 Å². The first-order valence-electron chi connectivity index (χ1n) is 8.65. The number of rotatable bonds is 4. The lowest BCUT2D eigenvalue weighted by Crippen LogP contribution is -2.48. The van der Waals surface area contributed by atoms with E-state index in [4.69, 9.17) is 0 Å². The molecule has 27 heavy (non-hydrogen) atoms. The van der Waals surface area contributed by atoms with Crippen molar-refractivity contribution in [2.24, 2.45) is 5.92 Å². The standard InChI is InChI=1S/C20H21N3O4/c1-5-23-16-12(3)9-13(22-18-11(2)7-6-8-21-18)10-14(16)17(24)15(19(23)25)20(26)27-4/h6-10,15H,5H2,1-4H3,(H,21,22). The summed E-state index contributed by atoms with van der Waals surface area (Å²) >= 11 is 0. The third-order valence-corrected chi connectivity index (χ3v) is 4.64. The molecule has 1 atom stereocenters. The third kappa shape index (κ3) is 3.16. The van der Waals surface area contributed by atoms with Crippen molar-refractivity contribution >= 4 is 34.9 Å². The Morgan fingerprint density at radius 3 is 2.63 bits per heavy atom. The molecule has 1 aliphatic rings. The van der Waals surface area contributed by atoms with Gasteiger partial charge in [-0.3, -0.25) is 14.4 Å². The molecule has 1 unspecified atom stereocenters. The fourth-order valence-corrected chi connectivity index (χ4v) is 3.32. The molecule has 1 aliphatic heterocycles. The fraction of sp³-hybridized carbons (Fsp3) is 0.300. The Kier molecular flexibility index (Phi) is 4.94. The largest absolute Gasteiger partial charge is 0.468 e. The van der Waals surface area contributed by atoms with Gasteiger partial charge in [0.1, 0.15) is 5.82 Å². The molecule has 1 amide bonds. The van der Waals surface area contributed by atoms with Crippen LogP contribution in [0.2, 0.25) is 0 Å². The number of nitrogens with zero attached hydrogens (tertiary/aromatic N) is 2. The highest BCUT2D eigenvalue weighted by Gasteiger charge is 2.45. The van der Waals surface area contributed by atoms with Crippen LogP contribution in [0.15, 0.2) is 30.5 Å². The quantitative estimate of drug-likeness (QED) is 0.660. The smallest absolute Gasteiger partial charge is 0.326 e. The van der Waals surface area contributed by atoms with Crippen LogP contribution in [0.25, 0.3) is 0 Å². The summed E-state index contributed by atoms with van der Waals surface area (Å²) in [5.41, 5.74) is 3.24. The molecule has 1 N–H and O–H groups in total. The van der Waals surface area contributed by atoms with Gasteiger partial charge in [-0.05, 0) is 50.1 Å². The van der Waals surface area contributed by atoms with Crippen molar-refractivity contribution in [2.45, 2.75) is 20.8 Å². The maximum atomic E-state index is 12.9. The Labute approximate surface area is 157 Å². The number of hydrogen-bond donors (Lipinski definition) is 1. The number of carbonyl (C=O) groups is 3. The number of ether oxygens (including phenoxy) is 1. The predicted molar refractivity (Wildman–Crippen MR) is 101 cm³/mol. The van der Waals surface area contributed by atoms with Gasteiger partial charge in [0.25, 0.3) is 0 Å². The minimum Gasteiger partial charge on any atom is -0.468 e. The van der Waals surface area contributed by atoms with Crippen LogP contribution in [0, 0.1) is 19.8 Å². The molecule has 0 saturated heterocycles. The zero-order valence-electron chi connectivity index (χ0n) is 15.7. The average Bonchev–Trinajstić information content (AvgIpc) is 2.64. The monoisotopic (exact) mass is 367 g/mol. The van der Waals surface area contributed by atoms with Gasteiger partial charge in [-0.25, -0.2) is 4.98 Å². The van der Waals surface area contributed by atoms with E-state index >= 15 is 0 Å². The van der Waals surface area contributed by atoms with Gasteiger partial charge in [0.05, 0.1) is 12.8 Å². The Hall–Kier alpha value is -3.22. The molecule has 0 radical (unpaired) electrons. The lowest BCUT2D eigenvalue weighted by molar-refractivity contribution is -0.147. The second-order valence-corrected chi connectivity index (χ2v) is 6.39. The van der Waals surface area contributed by atoms with Crippen LogP contribution in [0.3, 0.4) is 0 Å². The second kappa shape index (κ2) is 7.19. The van der Waals surface area contributed by atoms with Gasteiger partial charge in [0, 0.05) is 24.0 Å². The van der Waals surface area contributed by atoms with Crippen LogP contribution < -0.4 is 10.2 Å². The summed E-state index contributed by atoms with van der Waals surface area (Å²) in [7, 11) is 1.17. The highest BCUT2D eigenvalue weighted by atomic mass is 16.5. The number of methoxy groups -OCH3 is 1. The van der Waals surface area contributed by atoms with E-state index in [0.717, 1.165) is 11.1 Å². The Bertz CT molecular complexity index is 939. The number of aryl methyl sites for hydroxylation is 2. The van der Waals surface area contributed by atoms with Crippen molar-refractivity contribution in [2.75, 3.05) is 23.9 Å². The molecule has 7 nitrogen and oxygen atoms in total. The topological polar surface area (TPSA) is 88.6 Å². The SMILES string of the molecule is CCN1C(=O)C(C(=O)OC)C(=O)c2cc(Nc3ncccc3C)cc(C)c21. The minimum absolute atomic E-state index is 0.322. The molecule has 2 heterocycles. The lowest BCUT2D eigenvalue weighted by Gasteiger charge is -2.33. The molecule has 3 rings (SSSR count). The summed E-state index contributed by atoms with van der Waals surface area (Å²) in [6, 6.07) is 7.28. The average molecular weight is 367 g/mol. The van der Waals surface area contributed by atoms with Gasteiger partial charge >= 0.3 is 5.97 Å². The first-order valence-corrected chi connectivity index (χ1v) is 8.65. The van der Waals surface area contributed by atoms with Gasteiger partial charge in [-0.2, -0.15) is 0 Å². The van der Waals surface area contributed by atoms with Crippen molar-refractivity contribution in [3.63, 3.8) is 0 Å². The number of pyridine rings is 1. The van der Waals surface area contributed by atoms with E-state index in [1.165, 1.54) is 12.0 Å². The maximum Gasteiger partial charge on any atom is 0.326 e. The van der Waals surface area contributed by atoms with E-state index in [1.54, 1.807) is 19.2 Å². The number of nitrogens with one attached hydrogen (secondary N) is 1. The van der Waals surface area contributed by atoms with E-state index in [0.29, 0.717) is 29.3 Å². The van der Waals surface area contributed by atoms with E-state index in [9.17, 15) is 14.4 Å². The van der Waals surface area contributed by atoms with Crippen molar-refractivity contribution in [1.29, 1.82) is 0 Å². The van der Waals surface area contributed by atoms with E-state index in [2.05, 4.69) is 15.0 Å². The highest BCUT2D eigenvalue weighted by Crippen LogP contribution is 2.37. The molecule has 0 spiro atoms. The van der Waals surface area contributed by atoms with Crippen LogP contribution in [0.1, 0.15) is 28.4 Å². The van der Waals surface area contributed by atoms with Gasteiger partial charge in [0.2, 0.25) is 5.91 Å². The van der Waals surface area contributed by atoms with Gasteiger partial charge in [-0.15, -0.1) is 0 Å².